The van der Waals surface area contributed by atoms with Crippen molar-refractivity contribution in [3.63, 3.8) is 0 Å². The highest BCUT2D eigenvalue weighted by Crippen LogP contribution is 2.36. The van der Waals surface area contributed by atoms with Crippen molar-refractivity contribution in [2.45, 2.75) is 51.1 Å². The molecule has 1 aliphatic rings. The van der Waals surface area contributed by atoms with Crippen molar-refractivity contribution in [3.05, 3.63) is 106 Å². The Morgan fingerprint density at radius 1 is 0.878 bits per heavy atom. The van der Waals surface area contributed by atoms with Crippen LogP contribution in [-0.2, 0) is 6.54 Å². The first-order valence-electron chi connectivity index (χ1n) is 14.1. The molecule has 1 atom stereocenters. The monoisotopic (exact) mass is 602 g/mol. The molecular formula is C32H32Cl2N6S. The van der Waals surface area contributed by atoms with Gasteiger partial charge in [0.1, 0.15) is 16.6 Å². The van der Waals surface area contributed by atoms with Crippen molar-refractivity contribution < 1.29 is 0 Å². The van der Waals surface area contributed by atoms with Crippen LogP contribution in [0.25, 0.3) is 16.4 Å². The van der Waals surface area contributed by atoms with E-state index < -0.39 is 0 Å². The summed E-state index contributed by atoms with van der Waals surface area (Å²) in [5.74, 6) is 2.76. The smallest absolute Gasteiger partial charge is 0.226 e. The summed E-state index contributed by atoms with van der Waals surface area (Å²) in [7, 11) is 0. The molecule has 3 heterocycles. The Morgan fingerprint density at radius 2 is 1.68 bits per heavy atom. The van der Waals surface area contributed by atoms with Crippen molar-refractivity contribution in [1.82, 2.24) is 19.5 Å². The number of nitrogens with zero attached hydrogens (tertiary/aromatic N) is 4. The van der Waals surface area contributed by atoms with Crippen LogP contribution in [0, 0.1) is 5.92 Å². The second kappa shape index (κ2) is 13.1. The third-order valence-corrected chi connectivity index (χ3v) is 8.90. The summed E-state index contributed by atoms with van der Waals surface area (Å²) in [5, 5.41) is 11.8. The molecule has 5 aromatic rings. The van der Waals surface area contributed by atoms with Gasteiger partial charge in [-0.25, -0.2) is 4.98 Å². The van der Waals surface area contributed by atoms with Gasteiger partial charge in [-0.15, -0.1) is 11.3 Å². The zero-order valence-electron chi connectivity index (χ0n) is 22.6. The molecule has 0 amide bonds. The summed E-state index contributed by atoms with van der Waals surface area (Å²) >= 11 is 14.0. The van der Waals surface area contributed by atoms with Gasteiger partial charge in [0.25, 0.3) is 0 Å². The van der Waals surface area contributed by atoms with E-state index in [2.05, 4.69) is 16.0 Å². The molecule has 1 saturated carbocycles. The predicted octanol–water partition coefficient (Wildman–Crippen LogP) is 9.43. The van der Waals surface area contributed by atoms with Gasteiger partial charge in [0.05, 0.1) is 11.7 Å². The maximum absolute atomic E-state index is 6.20. The first-order chi connectivity index (χ1) is 20.1. The van der Waals surface area contributed by atoms with Gasteiger partial charge in [-0.1, -0.05) is 79.6 Å². The molecule has 1 aliphatic carbocycles. The van der Waals surface area contributed by atoms with Crippen molar-refractivity contribution in [1.29, 1.82) is 0 Å². The molecule has 9 heteroatoms. The Morgan fingerprint density at radius 3 is 2.46 bits per heavy atom. The van der Waals surface area contributed by atoms with Gasteiger partial charge in [0.2, 0.25) is 5.95 Å². The number of nitrogens with one attached hydrogen (secondary N) is 2. The molecule has 0 aliphatic heterocycles. The van der Waals surface area contributed by atoms with E-state index >= 15 is 0 Å². The molecular weight excluding hydrogens is 571 g/mol. The third kappa shape index (κ3) is 7.28. The fourth-order valence-electron chi connectivity index (χ4n) is 5.39. The maximum atomic E-state index is 6.20. The van der Waals surface area contributed by atoms with Crippen LogP contribution in [0.3, 0.4) is 0 Å². The number of thiazole rings is 1. The average molecular weight is 604 g/mol. The van der Waals surface area contributed by atoms with Crippen LogP contribution in [0.2, 0.25) is 10.0 Å². The fraction of sp³-hybridized carbons (Fsp3) is 0.281. The Hall–Kier alpha value is -3.39. The molecule has 0 radical (unpaired) electrons. The van der Waals surface area contributed by atoms with Crippen LogP contribution in [0.5, 0.6) is 0 Å². The van der Waals surface area contributed by atoms with E-state index in [1.165, 1.54) is 32.1 Å². The highest BCUT2D eigenvalue weighted by Gasteiger charge is 2.23. The van der Waals surface area contributed by atoms with Crippen molar-refractivity contribution in [3.8, 4) is 16.4 Å². The second-order valence-corrected chi connectivity index (χ2v) is 12.3. The zero-order valence-corrected chi connectivity index (χ0v) is 25.0. The minimum Gasteiger partial charge on any atom is -0.361 e. The highest BCUT2D eigenvalue weighted by molar-refractivity contribution is 7.13. The summed E-state index contributed by atoms with van der Waals surface area (Å²) in [6.45, 7) is 0.567. The zero-order chi connectivity index (χ0) is 28.0. The molecule has 0 unspecified atom stereocenters. The maximum Gasteiger partial charge on any atom is 0.226 e. The van der Waals surface area contributed by atoms with E-state index in [1.54, 1.807) is 11.3 Å². The average Bonchev–Trinajstić information content (AvgIpc) is 3.70. The molecule has 6 rings (SSSR count). The Bertz CT molecular complexity index is 1560. The number of hydrogen-bond acceptors (Lipinski definition) is 6. The number of benzene rings is 2. The third-order valence-electron chi connectivity index (χ3n) is 7.51. The van der Waals surface area contributed by atoms with E-state index in [0.29, 0.717) is 23.4 Å². The van der Waals surface area contributed by atoms with Crippen LogP contribution < -0.4 is 10.6 Å². The number of aromatic nitrogens is 4. The van der Waals surface area contributed by atoms with Gasteiger partial charge >= 0.3 is 0 Å². The van der Waals surface area contributed by atoms with Gasteiger partial charge in [-0.05, 0) is 54.3 Å². The molecule has 3 aromatic heterocycles. The van der Waals surface area contributed by atoms with Crippen LogP contribution in [0.1, 0.15) is 55.8 Å². The van der Waals surface area contributed by atoms with Crippen molar-refractivity contribution >= 4 is 46.3 Å². The molecule has 6 nitrogen and oxygen atoms in total. The highest BCUT2D eigenvalue weighted by atomic mass is 35.5. The Balaban J connectivity index is 1.29. The van der Waals surface area contributed by atoms with Gasteiger partial charge in [0, 0.05) is 46.0 Å². The summed E-state index contributed by atoms with van der Waals surface area (Å²) < 4.78 is 2.00. The lowest BCUT2D eigenvalue weighted by atomic mass is 9.84. The van der Waals surface area contributed by atoms with E-state index in [1.807, 2.05) is 83.7 Å². The normalized spacial score (nSPS) is 14.6. The van der Waals surface area contributed by atoms with Crippen molar-refractivity contribution in [2.75, 3.05) is 10.6 Å². The van der Waals surface area contributed by atoms with Crippen LogP contribution >= 0.6 is 34.5 Å². The number of hydrogen-bond donors (Lipinski definition) is 2. The largest absolute Gasteiger partial charge is 0.361 e. The van der Waals surface area contributed by atoms with Gasteiger partial charge < -0.3 is 15.2 Å². The molecule has 1 fully saturated rings. The Labute approximate surface area is 254 Å². The van der Waals surface area contributed by atoms with Crippen LogP contribution in [-0.4, -0.2) is 19.5 Å². The lowest BCUT2D eigenvalue weighted by Crippen LogP contribution is -2.19. The molecule has 0 bridgehead atoms. The van der Waals surface area contributed by atoms with Gasteiger partial charge in [0.15, 0.2) is 0 Å². The molecule has 41 heavy (non-hydrogen) atoms. The minimum absolute atomic E-state index is 0.0311. The first kappa shape index (κ1) is 27.8. The second-order valence-electron chi connectivity index (χ2n) is 10.5. The summed E-state index contributed by atoms with van der Waals surface area (Å²) in [6, 6.07) is 21.7. The van der Waals surface area contributed by atoms with Crippen LogP contribution in [0.15, 0.2) is 84.5 Å². The molecule has 2 aromatic carbocycles. The fourth-order valence-corrected chi connectivity index (χ4v) is 6.61. The lowest BCUT2D eigenvalue weighted by molar-refractivity contribution is 0.323. The van der Waals surface area contributed by atoms with E-state index in [9.17, 15) is 0 Å². The number of anilines is 2. The van der Waals surface area contributed by atoms with E-state index in [-0.39, 0.29) is 6.04 Å². The summed E-state index contributed by atoms with van der Waals surface area (Å²) in [6.07, 6.45) is 11.4. The number of rotatable bonds is 10. The first-order valence-corrected chi connectivity index (χ1v) is 15.7. The topological polar surface area (TPSA) is 67.7 Å². The molecule has 210 valence electrons. The minimum atomic E-state index is 0.0311. The van der Waals surface area contributed by atoms with Gasteiger partial charge in [-0.3, -0.25) is 0 Å². The molecule has 0 saturated heterocycles. The van der Waals surface area contributed by atoms with Crippen LogP contribution in [0.4, 0.5) is 11.8 Å². The van der Waals surface area contributed by atoms with E-state index in [0.717, 1.165) is 44.9 Å². The van der Waals surface area contributed by atoms with Gasteiger partial charge in [-0.2, -0.15) is 9.97 Å². The summed E-state index contributed by atoms with van der Waals surface area (Å²) in [4.78, 5) is 14.8. The number of halogens is 2. The Kier molecular flexibility index (Phi) is 8.85. The lowest BCUT2D eigenvalue weighted by Gasteiger charge is -2.27. The SMILES string of the molecule is Clc1ccc(-c2nc([C@@H](CC3CCCCC3)Nc3cc(-n4cccc4)nc(NCc4cccc(Cl)c4)n3)cs2)cc1. The van der Waals surface area contributed by atoms with E-state index in [4.69, 9.17) is 38.2 Å². The van der Waals surface area contributed by atoms with Crippen molar-refractivity contribution in [2.24, 2.45) is 5.92 Å². The predicted molar refractivity (Wildman–Crippen MR) is 170 cm³/mol. The molecule has 0 spiro atoms. The standard InChI is InChI=1S/C32H32Cl2N6S/c33-25-13-11-24(12-14-25)31-37-28(21-41-31)27(18-22-7-2-1-3-8-22)36-29-19-30(40-15-4-5-16-40)39-32(38-29)35-20-23-9-6-10-26(34)17-23/h4-6,9-17,19,21-22,27H,1-3,7-8,18,20H2,(H2,35,36,38,39)/t27-/m1/s1. The summed E-state index contributed by atoms with van der Waals surface area (Å²) in [5.41, 5.74) is 3.18. The quantitative estimate of drug-likeness (QED) is 0.166. The molecule has 2 N–H and O–H groups in total.